The number of methoxy groups -OCH3 is 2. The van der Waals surface area contributed by atoms with Crippen LogP contribution in [-0.4, -0.2) is 58.5 Å². The van der Waals surface area contributed by atoms with Crippen molar-refractivity contribution in [1.29, 1.82) is 0 Å². The lowest BCUT2D eigenvalue weighted by Gasteiger charge is -2.34. The number of rotatable bonds is 15. The maximum atomic E-state index is 14.5. The normalized spacial score (nSPS) is 11.7. The summed E-state index contributed by atoms with van der Waals surface area (Å²) in [6, 6.07) is 28.9. The van der Waals surface area contributed by atoms with Gasteiger partial charge >= 0.3 is 0 Å². The summed E-state index contributed by atoms with van der Waals surface area (Å²) < 4.78 is 40.2. The number of carbonyl (C=O) groups is 2. The predicted octanol–water partition coefficient (Wildman–Crippen LogP) is 5.37. The summed E-state index contributed by atoms with van der Waals surface area (Å²) >= 11 is 0. The average Bonchev–Trinajstić information content (AvgIpc) is 3.08. The number of amides is 2. The van der Waals surface area contributed by atoms with Gasteiger partial charge in [0.15, 0.2) is 11.5 Å². The number of benzene rings is 4. The quantitative estimate of drug-likeness (QED) is 0.187. The van der Waals surface area contributed by atoms with Crippen LogP contribution >= 0.6 is 0 Å². The van der Waals surface area contributed by atoms with Crippen LogP contribution in [0.25, 0.3) is 0 Å². The molecule has 1 N–H and O–H groups in total. The number of anilines is 1. The average molecular weight is 644 g/mol. The van der Waals surface area contributed by atoms with E-state index in [0.29, 0.717) is 18.0 Å². The first-order chi connectivity index (χ1) is 22.2. The molecule has 0 aliphatic carbocycles. The SMILES string of the molecule is CCCNC(=O)[C@@H](Cc1ccccc1)N(Cc1ccc(C)cc1)C(=O)CN(c1ccc(OC)c(OC)c1)S(=O)(=O)c1ccccc1. The molecule has 0 spiro atoms. The van der Waals surface area contributed by atoms with E-state index in [9.17, 15) is 18.0 Å². The Bertz CT molecular complexity index is 1700. The third-order valence-corrected chi connectivity index (χ3v) is 9.35. The molecule has 0 saturated heterocycles. The van der Waals surface area contributed by atoms with E-state index in [1.165, 1.54) is 37.3 Å². The van der Waals surface area contributed by atoms with E-state index in [1.807, 2.05) is 68.4 Å². The summed E-state index contributed by atoms with van der Waals surface area (Å²) in [6.45, 7) is 3.90. The maximum absolute atomic E-state index is 14.5. The largest absolute Gasteiger partial charge is 0.493 e. The highest BCUT2D eigenvalue weighted by Crippen LogP contribution is 2.34. The molecule has 4 aromatic rings. The predicted molar refractivity (Wildman–Crippen MR) is 179 cm³/mol. The van der Waals surface area contributed by atoms with Crippen molar-refractivity contribution in [1.82, 2.24) is 10.2 Å². The second kappa shape index (κ2) is 15.9. The Balaban J connectivity index is 1.82. The minimum absolute atomic E-state index is 0.0178. The van der Waals surface area contributed by atoms with Gasteiger partial charge in [-0.1, -0.05) is 85.3 Å². The first kappa shape index (κ1) is 34.1. The van der Waals surface area contributed by atoms with Gasteiger partial charge in [0.25, 0.3) is 10.0 Å². The molecule has 0 unspecified atom stereocenters. The van der Waals surface area contributed by atoms with Crippen LogP contribution in [0.15, 0.2) is 108 Å². The molecular formula is C36H41N3O6S. The van der Waals surface area contributed by atoms with Crippen molar-refractivity contribution in [3.8, 4) is 11.5 Å². The first-order valence-corrected chi connectivity index (χ1v) is 16.6. The van der Waals surface area contributed by atoms with Crippen LogP contribution in [-0.2, 0) is 32.6 Å². The van der Waals surface area contributed by atoms with E-state index < -0.39 is 28.5 Å². The van der Waals surface area contributed by atoms with Gasteiger partial charge in [0.2, 0.25) is 11.8 Å². The Morgan fingerprint density at radius 3 is 2.04 bits per heavy atom. The van der Waals surface area contributed by atoms with Gasteiger partial charge in [-0.25, -0.2) is 8.42 Å². The fraction of sp³-hybridized carbons (Fsp3) is 0.278. The zero-order chi connectivity index (χ0) is 33.1. The van der Waals surface area contributed by atoms with E-state index in [2.05, 4.69) is 5.32 Å². The van der Waals surface area contributed by atoms with Crippen LogP contribution in [0, 0.1) is 6.92 Å². The fourth-order valence-corrected chi connectivity index (χ4v) is 6.47. The van der Waals surface area contributed by atoms with Crippen LogP contribution in [0.1, 0.15) is 30.0 Å². The number of aryl methyl sites for hydroxylation is 1. The van der Waals surface area contributed by atoms with Crippen molar-refractivity contribution in [2.45, 2.75) is 44.2 Å². The molecule has 0 heterocycles. The van der Waals surface area contributed by atoms with E-state index in [1.54, 1.807) is 30.3 Å². The Morgan fingerprint density at radius 2 is 1.43 bits per heavy atom. The molecule has 242 valence electrons. The van der Waals surface area contributed by atoms with E-state index >= 15 is 0 Å². The Morgan fingerprint density at radius 1 is 0.804 bits per heavy atom. The summed E-state index contributed by atoms with van der Waals surface area (Å²) in [6.07, 6.45) is 0.966. The molecule has 9 nitrogen and oxygen atoms in total. The van der Waals surface area contributed by atoms with E-state index in [0.717, 1.165) is 27.4 Å². The first-order valence-electron chi connectivity index (χ1n) is 15.1. The minimum atomic E-state index is -4.24. The number of carbonyl (C=O) groups excluding carboxylic acids is 2. The van der Waals surface area contributed by atoms with Gasteiger partial charge in [0, 0.05) is 25.6 Å². The van der Waals surface area contributed by atoms with E-state index in [-0.39, 0.29) is 29.5 Å². The molecule has 0 bridgehead atoms. The summed E-state index contributed by atoms with van der Waals surface area (Å²) in [7, 11) is -1.30. The van der Waals surface area contributed by atoms with Crippen molar-refractivity contribution >= 4 is 27.5 Å². The van der Waals surface area contributed by atoms with Gasteiger partial charge in [0.05, 0.1) is 24.8 Å². The highest BCUT2D eigenvalue weighted by Gasteiger charge is 2.34. The van der Waals surface area contributed by atoms with Crippen molar-refractivity contribution in [2.24, 2.45) is 0 Å². The second-order valence-electron chi connectivity index (χ2n) is 10.9. The van der Waals surface area contributed by atoms with Crippen LogP contribution in [0.5, 0.6) is 11.5 Å². The summed E-state index contributed by atoms with van der Waals surface area (Å²) in [5, 5.41) is 2.96. The van der Waals surface area contributed by atoms with Gasteiger partial charge in [-0.2, -0.15) is 0 Å². The number of nitrogens with zero attached hydrogens (tertiary/aromatic N) is 2. The monoisotopic (exact) mass is 643 g/mol. The Kier molecular flexibility index (Phi) is 11.8. The van der Waals surface area contributed by atoms with Gasteiger partial charge in [-0.3, -0.25) is 13.9 Å². The molecule has 0 fully saturated rings. The molecule has 1 atom stereocenters. The lowest BCUT2D eigenvalue weighted by Crippen LogP contribution is -2.53. The molecular weight excluding hydrogens is 602 g/mol. The third-order valence-electron chi connectivity index (χ3n) is 7.56. The standard InChI is InChI=1S/C36H41N3O6S/c1-5-22-37-36(41)32(23-28-12-8-6-9-13-28)38(25-29-18-16-27(2)17-19-29)35(40)26-39(46(42,43)31-14-10-7-11-15-31)30-20-21-33(44-3)34(24-30)45-4/h6-21,24,32H,5,22-23,25-26H2,1-4H3,(H,37,41)/t32-/m1/s1. The number of hydrogen-bond donors (Lipinski definition) is 1. The summed E-state index contributed by atoms with van der Waals surface area (Å²) in [4.78, 5) is 29.8. The van der Waals surface area contributed by atoms with Gasteiger partial charge in [-0.05, 0) is 48.7 Å². The van der Waals surface area contributed by atoms with Crippen LogP contribution in [0.2, 0.25) is 0 Å². The fourth-order valence-electron chi connectivity index (χ4n) is 5.04. The molecule has 0 saturated carbocycles. The number of hydrogen-bond acceptors (Lipinski definition) is 6. The zero-order valence-electron chi connectivity index (χ0n) is 26.7. The molecule has 46 heavy (non-hydrogen) atoms. The highest BCUT2D eigenvalue weighted by molar-refractivity contribution is 7.92. The lowest BCUT2D eigenvalue weighted by molar-refractivity contribution is -0.140. The van der Waals surface area contributed by atoms with Crippen molar-refractivity contribution < 1.29 is 27.5 Å². The molecule has 2 amide bonds. The van der Waals surface area contributed by atoms with Gasteiger partial charge < -0.3 is 19.7 Å². The summed E-state index contributed by atoms with van der Waals surface area (Å²) in [5.74, 6) is -0.138. The van der Waals surface area contributed by atoms with E-state index in [4.69, 9.17) is 9.47 Å². The molecule has 4 rings (SSSR count). The highest BCUT2D eigenvalue weighted by atomic mass is 32.2. The third kappa shape index (κ3) is 8.45. The van der Waals surface area contributed by atoms with Gasteiger partial charge in [-0.15, -0.1) is 0 Å². The molecule has 0 aromatic heterocycles. The summed E-state index contributed by atoms with van der Waals surface area (Å²) in [5.41, 5.74) is 2.94. The molecule has 0 aliphatic rings. The van der Waals surface area contributed by atoms with Crippen molar-refractivity contribution in [2.75, 3.05) is 31.6 Å². The molecule has 0 aliphatic heterocycles. The van der Waals surface area contributed by atoms with Crippen LogP contribution in [0.4, 0.5) is 5.69 Å². The number of nitrogens with one attached hydrogen (secondary N) is 1. The van der Waals surface area contributed by atoms with Crippen LogP contribution < -0.4 is 19.1 Å². The van der Waals surface area contributed by atoms with Crippen molar-refractivity contribution in [3.63, 3.8) is 0 Å². The maximum Gasteiger partial charge on any atom is 0.264 e. The lowest BCUT2D eigenvalue weighted by atomic mass is 10.0. The Labute approximate surface area is 271 Å². The number of sulfonamides is 1. The van der Waals surface area contributed by atoms with Crippen LogP contribution in [0.3, 0.4) is 0 Å². The molecule has 10 heteroatoms. The smallest absolute Gasteiger partial charge is 0.264 e. The number of ether oxygens (including phenoxy) is 2. The molecule has 0 radical (unpaired) electrons. The Hall–Kier alpha value is -4.83. The second-order valence-corrected chi connectivity index (χ2v) is 12.7. The van der Waals surface area contributed by atoms with Gasteiger partial charge in [0.1, 0.15) is 12.6 Å². The zero-order valence-corrected chi connectivity index (χ0v) is 27.5. The minimum Gasteiger partial charge on any atom is -0.493 e. The topological polar surface area (TPSA) is 105 Å². The van der Waals surface area contributed by atoms with Crippen molar-refractivity contribution in [3.05, 3.63) is 120 Å². The molecule has 4 aromatic carbocycles.